The molecule has 1 nitrogen and oxygen atoms in total. The summed E-state index contributed by atoms with van der Waals surface area (Å²) in [7, 11) is -1.17. The first-order valence-electron chi connectivity index (χ1n) is 4.51. The molecule has 0 bridgehead atoms. The standard InChI is InChI=1S/C9H21BrOSi/c1-9(2,12(3,4)5)11-8-6-7-10/h6-8H2,1-5H3. The van der Waals surface area contributed by atoms with Gasteiger partial charge in [-0.05, 0) is 20.3 Å². The summed E-state index contributed by atoms with van der Waals surface area (Å²) in [4.78, 5) is 0. The lowest BCUT2D eigenvalue weighted by Crippen LogP contribution is -2.49. The minimum absolute atomic E-state index is 0.106. The SMILES string of the molecule is CC(C)(OCCCBr)[Si](C)(C)C. The zero-order valence-electron chi connectivity index (χ0n) is 8.91. The molecule has 3 heteroatoms. The highest BCUT2D eigenvalue weighted by Crippen LogP contribution is 2.23. The van der Waals surface area contributed by atoms with Crippen LogP contribution in [0.15, 0.2) is 0 Å². The molecule has 0 spiro atoms. The van der Waals surface area contributed by atoms with Crippen molar-refractivity contribution in [3.05, 3.63) is 0 Å². The van der Waals surface area contributed by atoms with Crippen molar-refractivity contribution < 1.29 is 4.74 Å². The van der Waals surface area contributed by atoms with Gasteiger partial charge < -0.3 is 4.74 Å². The van der Waals surface area contributed by atoms with E-state index in [-0.39, 0.29) is 5.22 Å². The van der Waals surface area contributed by atoms with E-state index in [1.54, 1.807) is 0 Å². The molecule has 0 N–H and O–H groups in total. The van der Waals surface area contributed by atoms with Crippen molar-refractivity contribution in [1.29, 1.82) is 0 Å². The van der Waals surface area contributed by atoms with Crippen LogP contribution in [0.1, 0.15) is 20.3 Å². The highest BCUT2D eigenvalue weighted by molar-refractivity contribution is 9.09. The van der Waals surface area contributed by atoms with E-state index in [2.05, 4.69) is 49.4 Å². The Morgan fingerprint density at radius 2 is 1.75 bits per heavy atom. The van der Waals surface area contributed by atoms with Crippen LogP contribution in [0.5, 0.6) is 0 Å². The molecule has 0 amide bonds. The van der Waals surface area contributed by atoms with Crippen LogP contribution < -0.4 is 0 Å². The molecule has 0 saturated carbocycles. The highest BCUT2D eigenvalue weighted by atomic mass is 79.9. The molecule has 74 valence electrons. The van der Waals surface area contributed by atoms with Crippen molar-refractivity contribution in [3.63, 3.8) is 0 Å². The third-order valence-corrected chi connectivity index (χ3v) is 6.86. The van der Waals surface area contributed by atoms with Gasteiger partial charge in [0.15, 0.2) is 0 Å². The van der Waals surface area contributed by atoms with Crippen LogP contribution in [0.4, 0.5) is 0 Å². The zero-order valence-corrected chi connectivity index (χ0v) is 11.5. The summed E-state index contributed by atoms with van der Waals surface area (Å²) in [6.07, 6.45) is 1.11. The highest BCUT2D eigenvalue weighted by Gasteiger charge is 2.35. The summed E-state index contributed by atoms with van der Waals surface area (Å²) < 4.78 is 5.87. The summed E-state index contributed by atoms with van der Waals surface area (Å²) >= 11 is 3.40. The Kier molecular flexibility index (Phi) is 5.03. The lowest BCUT2D eigenvalue weighted by atomic mass is 10.4. The Morgan fingerprint density at radius 1 is 1.25 bits per heavy atom. The predicted octanol–water partition coefficient (Wildman–Crippen LogP) is 3.44. The molecule has 0 aromatic heterocycles. The normalized spacial score (nSPS) is 13.5. The second-order valence-electron chi connectivity index (χ2n) is 4.65. The van der Waals surface area contributed by atoms with E-state index in [0.29, 0.717) is 0 Å². The molecule has 0 aromatic rings. The molecule has 0 heterocycles. The molecule has 12 heavy (non-hydrogen) atoms. The minimum atomic E-state index is -1.17. The van der Waals surface area contributed by atoms with Gasteiger partial charge in [-0.2, -0.15) is 0 Å². The van der Waals surface area contributed by atoms with Gasteiger partial charge in [-0.1, -0.05) is 35.6 Å². The molecular formula is C9H21BrOSi. The Hall–Kier alpha value is 0.657. The Bertz CT molecular complexity index is 129. The fraction of sp³-hybridized carbons (Fsp3) is 1.00. The number of halogens is 1. The molecule has 0 unspecified atom stereocenters. The summed E-state index contributed by atoms with van der Waals surface area (Å²) in [5.41, 5.74) is 0. The van der Waals surface area contributed by atoms with Crippen molar-refractivity contribution in [1.82, 2.24) is 0 Å². The fourth-order valence-corrected chi connectivity index (χ4v) is 1.36. The van der Waals surface area contributed by atoms with Crippen LogP contribution in [0, 0.1) is 0 Å². The van der Waals surface area contributed by atoms with Gasteiger partial charge in [0.05, 0.1) is 13.3 Å². The lowest BCUT2D eigenvalue weighted by molar-refractivity contribution is 0.0380. The Labute approximate surface area is 86.0 Å². The monoisotopic (exact) mass is 252 g/mol. The summed E-state index contributed by atoms with van der Waals surface area (Å²) in [5, 5.41) is 1.14. The van der Waals surface area contributed by atoms with Crippen LogP contribution in [-0.4, -0.2) is 25.2 Å². The van der Waals surface area contributed by atoms with E-state index >= 15 is 0 Å². The van der Waals surface area contributed by atoms with E-state index in [0.717, 1.165) is 18.4 Å². The second-order valence-corrected chi connectivity index (χ2v) is 11.1. The van der Waals surface area contributed by atoms with E-state index < -0.39 is 8.07 Å². The van der Waals surface area contributed by atoms with Gasteiger partial charge >= 0.3 is 0 Å². The summed E-state index contributed by atoms with van der Waals surface area (Å²) in [6.45, 7) is 12.4. The first-order chi connectivity index (χ1) is 5.31. The third-order valence-electron chi connectivity index (χ3n) is 2.55. The van der Waals surface area contributed by atoms with E-state index in [1.807, 2.05) is 0 Å². The quantitative estimate of drug-likeness (QED) is 0.414. The second kappa shape index (κ2) is 4.77. The fourth-order valence-electron chi connectivity index (χ4n) is 0.598. The largest absolute Gasteiger partial charge is 0.379 e. The van der Waals surface area contributed by atoms with Gasteiger partial charge in [-0.25, -0.2) is 0 Å². The summed E-state index contributed by atoms with van der Waals surface area (Å²) in [6, 6.07) is 0. The van der Waals surface area contributed by atoms with Crippen LogP contribution in [0.2, 0.25) is 19.6 Å². The Balaban J connectivity index is 3.88. The van der Waals surface area contributed by atoms with Gasteiger partial charge in [0.2, 0.25) is 0 Å². The molecule has 0 aliphatic carbocycles. The number of hydrogen-bond donors (Lipinski definition) is 0. The van der Waals surface area contributed by atoms with E-state index in [1.165, 1.54) is 0 Å². The number of ether oxygens (including phenoxy) is 1. The molecule has 0 aliphatic rings. The number of rotatable bonds is 5. The molecule has 0 aromatic carbocycles. The van der Waals surface area contributed by atoms with Gasteiger partial charge in [0.25, 0.3) is 0 Å². The molecular weight excluding hydrogens is 232 g/mol. The average Bonchev–Trinajstić information content (AvgIpc) is 1.85. The molecule has 0 fully saturated rings. The molecule has 0 radical (unpaired) electrons. The average molecular weight is 253 g/mol. The van der Waals surface area contributed by atoms with E-state index in [9.17, 15) is 0 Å². The smallest absolute Gasteiger partial charge is 0.0817 e. The van der Waals surface area contributed by atoms with Crippen molar-refractivity contribution in [2.75, 3.05) is 11.9 Å². The molecule has 0 saturated heterocycles. The van der Waals surface area contributed by atoms with Crippen LogP contribution in [-0.2, 0) is 4.74 Å². The van der Waals surface area contributed by atoms with Gasteiger partial charge in [-0.15, -0.1) is 0 Å². The minimum Gasteiger partial charge on any atom is -0.379 e. The van der Waals surface area contributed by atoms with Crippen molar-refractivity contribution in [2.45, 2.75) is 45.1 Å². The van der Waals surface area contributed by atoms with Gasteiger partial charge in [0.1, 0.15) is 0 Å². The number of hydrogen-bond acceptors (Lipinski definition) is 1. The lowest BCUT2D eigenvalue weighted by Gasteiger charge is -2.37. The Morgan fingerprint density at radius 3 is 2.08 bits per heavy atom. The maximum atomic E-state index is 5.87. The van der Waals surface area contributed by atoms with Crippen LogP contribution >= 0.6 is 15.9 Å². The molecule has 0 atom stereocenters. The van der Waals surface area contributed by atoms with Gasteiger partial charge in [-0.3, -0.25) is 0 Å². The van der Waals surface area contributed by atoms with Crippen molar-refractivity contribution >= 4 is 24.0 Å². The molecule has 0 aliphatic heterocycles. The zero-order chi connectivity index (χ0) is 9.83. The molecule has 0 rings (SSSR count). The first-order valence-corrected chi connectivity index (χ1v) is 9.13. The topological polar surface area (TPSA) is 9.23 Å². The van der Waals surface area contributed by atoms with Crippen molar-refractivity contribution in [3.8, 4) is 0 Å². The predicted molar refractivity (Wildman–Crippen MR) is 61.8 cm³/mol. The summed E-state index contributed by atoms with van der Waals surface area (Å²) in [5.74, 6) is 0. The van der Waals surface area contributed by atoms with Crippen LogP contribution in [0.3, 0.4) is 0 Å². The maximum Gasteiger partial charge on any atom is 0.0817 e. The third kappa shape index (κ3) is 4.05. The van der Waals surface area contributed by atoms with Crippen molar-refractivity contribution in [2.24, 2.45) is 0 Å². The first kappa shape index (κ1) is 12.7. The van der Waals surface area contributed by atoms with Crippen LogP contribution in [0.25, 0.3) is 0 Å². The van der Waals surface area contributed by atoms with Gasteiger partial charge in [0, 0.05) is 11.9 Å². The maximum absolute atomic E-state index is 5.87. The van der Waals surface area contributed by atoms with E-state index in [4.69, 9.17) is 4.74 Å². The number of alkyl halides is 1.